The second kappa shape index (κ2) is 4.93. The largest absolute Gasteiger partial charge is 0.481 e. The minimum Gasteiger partial charge on any atom is -0.481 e. The van der Waals surface area contributed by atoms with Crippen molar-refractivity contribution < 1.29 is 14.7 Å². The first-order chi connectivity index (χ1) is 10.0. The lowest BCUT2D eigenvalue weighted by atomic mass is 10.0. The van der Waals surface area contributed by atoms with Gasteiger partial charge in [-0.2, -0.15) is 0 Å². The van der Waals surface area contributed by atoms with Gasteiger partial charge in [0.15, 0.2) is 0 Å². The van der Waals surface area contributed by atoms with E-state index in [1.54, 1.807) is 0 Å². The Bertz CT molecular complexity index is 809. The second-order valence-corrected chi connectivity index (χ2v) is 5.88. The van der Waals surface area contributed by atoms with Gasteiger partial charge < -0.3 is 5.11 Å². The minimum absolute atomic E-state index is 0.249. The van der Waals surface area contributed by atoms with Gasteiger partial charge in [0.05, 0.1) is 17.6 Å². The summed E-state index contributed by atoms with van der Waals surface area (Å²) in [5.41, 5.74) is 2.09. The van der Waals surface area contributed by atoms with Crippen molar-refractivity contribution in [2.45, 2.75) is 25.3 Å². The molecule has 1 atom stereocenters. The number of nitrogens with one attached hydrogen (secondary N) is 1. The summed E-state index contributed by atoms with van der Waals surface area (Å²) in [5, 5.41) is 9.59. The third-order valence-corrected chi connectivity index (χ3v) is 4.75. The number of nitrogens with two attached hydrogens (primary N) is 1. The quantitative estimate of drug-likeness (QED) is 0.401. The molecule has 2 heterocycles. The maximum Gasteiger partial charge on any atom is 0.311 e. The molecule has 1 aliphatic carbocycles. The number of hydrogen-bond acceptors (Lipinski definition) is 6. The molecule has 1 unspecified atom stereocenters. The number of aliphatic carboxylic acids is 1. The number of carbonyl (C=O) groups is 2. The molecule has 4 N–H and O–H groups in total. The summed E-state index contributed by atoms with van der Waals surface area (Å²) in [6.45, 7) is -0.249. The van der Waals surface area contributed by atoms with Crippen molar-refractivity contribution in [3.8, 4) is 0 Å². The highest BCUT2D eigenvalue weighted by atomic mass is 32.1. The highest BCUT2D eigenvalue weighted by Crippen LogP contribution is 2.41. The fourth-order valence-corrected chi connectivity index (χ4v) is 3.83. The molecule has 3 rings (SSSR count). The molecule has 0 bridgehead atoms. The number of amides is 1. The van der Waals surface area contributed by atoms with E-state index in [9.17, 15) is 19.5 Å². The van der Waals surface area contributed by atoms with Gasteiger partial charge in [0.2, 0.25) is 0 Å². The van der Waals surface area contributed by atoms with Crippen LogP contribution in [0.3, 0.4) is 0 Å². The molecule has 0 fully saturated rings. The van der Waals surface area contributed by atoms with Gasteiger partial charge in [-0.25, -0.2) is 10.8 Å². The van der Waals surface area contributed by atoms with Crippen LogP contribution in [0.25, 0.3) is 10.2 Å². The van der Waals surface area contributed by atoms with E-state index in [0.717, 1.165) is 9.44 Å². The van der Waals surface area contributed by atoms with Crippen molar-refractivity contribution in [1.82, 2.24) is 15.0 Å². The molecule has 1 aliphatic rings. The van der Waals surface area contributed by atoms with Crippen molar-refractivity contribution in [1.29, 1.82) is 0 Å². The van der Waals surface area contributed by atoms with Gasteiger partial charge in [-0.15, -0.1) is 11.3 Å². The van der Waals surface area contributed by atoms with Crippen LogP contribution in [0, 0.1) is 0 Å². The summed E-state index contributed by atoms with van der Waals surface area (Å²) in [4.78, 5) is 40.7. The number of carboxylic acids is 1. The van der Waals surface area contributed by atoms with Crippen LogP contribution in [0.5, 0.6) is 0 Å². The lowest BCUT2D eigenvalue weighted by Gasteiger charge is -2.07. The maximum absolute atomic E-state index is 12.5. The van der Waals surface area contributed by atoms with Crippen molar-refractivity contribution >= 4 is 33.4 Å². The van der Waals surface area contributed by atoms with Crippen LogP contribution >= 0.6 is 11.3 Å². The zero-order valence-corrected chi connectivity index (χ0v) is 11.6. The molecule has 0 spiro atoms. The van der Waals surface area contributed by atoms with Crippen LogP contribution < -0.4 is 16.8 Å². The Labute approximate surface area is 122 Å². The number of nitrogens with zero attached hydrogens (tertiary/aromatic N) is 2. The van der Waals surface area contributed by atoms with E-state index in [0.29, 0.717) is 28.6 Å². The normalized spacial score (nSPS) is 16.9. The summed E-state index contributed by atoms with van der Waals surface area (Å²) in [6.07, 6.45) is 2.40. The topological polar surface area (TPSA) is 127 Å². The Morgan fingerprint density at radius 1 is 1.57 bits per heavy atom. The summed E-state index contributed by atoms with van der Waals surface area (Å²) in [7, 11) is 0. The molecular formula is C12H12N4O4S. The van der Waals surface area contributed by atoms with Crippen molar-refractivity contribution in [2.24, 2.45) is 5.84 Å². The molecule has 2 aromatic heterocycles. The highest BCUT2D eigenvalue weighted by Gasteiger charge is 2.34. The SMILES string of the molecule is NNC(=O)Cn1cnc2sc3c(c2c1=O)C(C(=O)O)CC3. The third kappa shape index (κ3) is 2.10. The van der Waals surface area contributed by atoms with Crippen LogP contribution in [0.2, 0.25) is 0 Å². The number of hydrogen-bond donors (Lipinski definition) is 3. The number of hydrazine groups is 1. The first-order valence-electron chi connectivity index (χ1n) is 6.26. The Morgan fingerprint density at radius 2 is 2.33 bits per heavy atom. The van der Waals surface area contributed by atoms with E-state index in [2.05, 4.69) is 4.98 Å². The number of rotatable bonds is 3. The summed E-state index contributed by atoms with van der Waals surface area (Å²) in [5.74, 6) is 2.86. The Balaban J connectivity index is 2.19. The van der Waals surface area contributed by atoms with Gasteiger partial charge in [0.25, 0.3) is 11.5 Å². The Hall–Kier alpha value is -2.26. The average Bonchev–Trinajstić information content (AvgIpc) is 2.99. The Kier molecular flexibility index (Phi) is 3.22. The highest BCUT2D eigenvalue weighted by molar-refractivity contribution is 7.18. The van der Waals surface area contributed by atoms with Crippen molar-refractivity contribution in [3.63, 3.8) is 0 Å². The molecule has 1 amide bonds. The number of aryl methyl sites for hydroxylation is 1. The van der Waals surface area contributed by atoms with Gasteiger partial charge in [0.1, 0.15) is 11.4 Å². The molecule has 110 valence electrons. The minimum atomic E-state index is -0.942. The monoisotopic (exact) mass is 308 g/mol. The van der Waals surface area contributed by atoms with E-state index >= 15 is 0 Å². The lowest BCUT2D eigenvalue weighted by molar-refractivity contribution is -0.138. The molecule has 0 saturated carbocycles. The van der Waals surface area contributed by atoms with Gasteiger partial charge in [-0.1, -0.05) is 0 Å². The fraction of sp³-hybridized carbons (Fsp3) is 0.333. The fourth-order valence-electron chi connectivity index (χ4n) is 2.63. The van der Waals surface area contributed by atoms with E-state index < -0.39 is 23.4 Å². The number of aromatic nitrogens is 2. The zero-order valence-electron chi connectivity index (χ0n) is 10.8. The number of carboxylic acid groups (broad SMARTS) is 1. The summed E-state index contributed by atoms with van der Waals surface area (Å²) >= 11 is 1.34. The average molecular weight is 308 g/mol. The van der Waals surface area contributed by atoms with Gasteiger partial charge in [-0.3, -0.25) is 24.4 Å². The Morgan fingerprint density at radius 3 is 3.00 bits per heavy atom. The van der Waals surface area contributed by atoms with E-state index in [4.69, 9.17) is 5.84 Å². The van der Waals surface area contributed by atoms with Gasteiger partial charge in [0, 0.05) is 4.88 Å². The summed E-state index contributed by atoms with van der Waals surface area (Å²) < 4.78 is 1.13. The number of thiophene rings is 1. The molecule has 9 heteroatoms. The summed E-state index contributed by atoms with van der Waals surface area (Å²) in [6, 6.07) is 0. The standard InChI is InChI=1S/C12H12N4O4S/c13-15-7(17)3-16-4-14-10-9(11(16)18)8-5(12(19)20)1-2-6(8)21-10/h4-5H,1-3,13H2,(H,15,17)(H,19,20). The third-order valence-electron chi connectivity index (χ3n) is 3.57. The number of carbonyl (C=O) groups excluding carboxylic acids is 1. The molecule has 2 aromatic rings. The van der Waals surface area contributed by atoms with Gasteiger partial charge >= 0.3 is 5.97 Å². The van der Waals surface area contributed by atoms with E-state index in [1.807, 2.05) is 5.43 Å². The molecule has 21 heavy (non-hydrogen) atoms. The van der Waals surface area contributed by atoms with E-state index in [1.165, 1.54) is 17.7 Å². The molecule has 0 saturated heterocycles. The molecule has 0 aliphatic heterocycles. The van der Waals surface area contributed by atoms with Crippen LogP contribution in [-0.2, 0) is 22.6 Å². The van der Waals surface area contributed by atoms with Crippen molar-refractivity contribution in [2.75, 3.05) is 0 Å². The van der Waals surface area contributed by atoms with E-state index in [-0.39, 0.29) is 6.54 Å². The maximum atomic E-state index is 12.5. The zero-order chi connectivity index (χ0) is 15.1. The second-order valence-electron chi connectivity index (χ2n) is 4.79. The lowest BCUT2D eigenvalue weighted by Crippen LogP contribution is -2.36. The number of fused-ring (bicyclic) bond motifs is 3. The van der Waals surface area contributed by atoms with Gasteiger partial charge in [-0.05, 0) is 18.4 Å². The first-order valence-corrected chi connectivity index (χ1v) is 7.07. The molecule has 0 radical (unpaired) electrons. The predicted molar refractivity (Wildman–Crippen MR) is 74.9 cm³/mol. The molecule has 8 nitrogen and oxygen atoms in total. The van der Waals surface area contributed by atoms with Crippen LogP contribution in [0.15, 0.2) is 11.1 Å². The van der Waals surface area contributed by atoms with Crippen LogP contribution in [0.4, 0.5) is 0 Å². The first kappa shape index (κ1) is 13.7. The predicted octanol–water partition coefficient (Wildman–Crippen LogP) is -0.438. The van der Waals surface area contributed by atoms with Crippen LogP contribution in [-0.4, -0.2) is 26.5 Å². The van der Waals surface area contributed by atoms with Crippen molar-refractivity contribution in [3.05, 3.63) is 27.1 Å². The van der Waals surface area contributed by atoms with Crippen LogP contribution in [0.1, 0.15) is 22.8 Å². The smallest absolute Gasteiger partial charge is 0.311 e. The molecular weight excluding hydrogens is 296 g/mol. The molecule has 0 aromatic carbocycles.